The largest absolute Gasteiger partial charge is 0.368 e. The van der Waals surface area contributed by atoms with Crippen LogP contribution in [-0.4, -0.2) is 51.4 Å². The van der Waals surface area contributed by atoms with Crippen molar-refractivity contribution in [2.75, 3.05) is 31.1 Å². The molecule has 0 spiro atoms. The normalized spacial score (nSPS) is 15.2. The van der Waals surface area contributed by atoms with Crippen LogP contribution in [0.25, 0.3) is 0 Å². The molecule has 0 aliphatic carbocycles. The molecule has 1 saturated heterocycles. The molecule has 4 rings (SSSR count). The molecule has 35 heavy (non-hydrogen) atoms. The van der Waals surface area contributed by atoms with Crippen LogP contribution >= 0.6 is 11.6 Å². The fourth-order valence-electron chi connectivity index (χ4n) is 4.21. The number of amides is 1. The average molecular weight is 516 g/mol. The Morgan fingerprint density at radius 1 is 1.00 bits per heavy atom. The van der Waals surface area contributed by atoms with Crippen LogP contribution in [0.1, 0.15) is 11.1 Å². The minimum absolute atomic E-state index is 0.0917. The lowest BCUT2D eigenvalue weighted by Gasteiger charge is -2.38. The molecule has 1 fully saturated rings. The Balaban J connectivity index is 1.51. The van der Waals surface area contributed by atoms with Gasteiger partial charge in [-0.3, -0.25) is 4.79 Å². The molecule has 9 heteroatoms. The predicted octanol–water partition coefficient (Wildman–Crippen LogP) is 4.03. The molecule has 1 aliphatic rings. The average Bonchev–Trinajstić information content (AvgIpc) is 2.85. The number of carbonyl (C=O) groups is 1. The highest BCUT2D eigenvalue weighted by molar-refractivity contribution is 7.89. The minimum Gasteiger partial charge on any atom is -0.368 e. The van der Waals surface area contributed by atoms with Gasteiger partial charge in [0.15, 0.2) is 0 Å². The standard InChI is InChI=1S/C26H27ClFN3O3S/c1-19-7-8-21(27)18-25(19)30-13-15-31(16-14-30)26(32)24(17-20-5-3-2-4-6-20)29-35(33,34)23-11-9-22(28)10-12-23/h2-12,18,24,29H,13-17H2,1H3/t24-/m0/s1. The van der Waals surface area contributed by atoms with Crippen molar-refractivity contribution in [3.8, 4) is 0 Å². The fraction of sp³-hybridized carbons (Fsp3) is 0.269. The number of aryl methyl sites for hydroxylation is 1. The lowest BCUT2D eigenvalue weighted by molar-refractivity contribution is -0.133. The Labute approximate surface area is 210 Å². The van der Waals surface area contributed by atoms with Crippen molar-refractivity contribution in [1.82, 2.24) is 9.62 Å². The molecule has 1 N–H and O–H groups in total. The van der Waals surface area contributed by atoms with Gasteiger partial charge >= 0.3 is 0 Å². The highest BCUT2D eigenvalue weighted by Gasteiger charge is 2.31. The van der Waals surface area contributed by atoms with E-state index in [9.17, 15) is 17.6 Å². The molecule has 0 aromatic heterocycles. The molecule has 184 valence electrons. The van der Waals surface area contributed by atoms with E-state index in [1.807, 2.05) is 55.5 Å². The van der Waals surface area contributed by atoms with Gasteiger partial charge in [-0.15, -0.1) is 0 Å². The molecule has 3 aromatic rings. The maximum absolute atomic E-state index is 13.5. The first kappa shape index (κ1) is 25.2. The molecule has 1 heterocycles. The minimum atomic E-state index is -4.03. The van der Waals surface area contributed by atoms with Gasteiger partial charge in [-0.1, -0.05) is 48.0 Å². The van der Waals surface area contributed by atoms with Crippen LogP contribution in [0.15, 0.2) is 77.7 Å². The summed E-state index contributed by atoms with van der Waals surface area (Å²) in [5.41, 5.74) is 2.96. The zero-order valence-electron chi connectivity index (χ0n) is 19.3. The number of benzene rings is 3. The number of sulfonamides is 1. The second kappa shape index (κ2) is 10.8. The summed E-state index contributed by atoms with van der Waals surface area (Å²) in [6.45, 7) is 4.14. The highest BCUT2D eigenvalue weighted by Crippen LogP contribution is 2.25. The summed E-state index contributed by atoms with van der Waals surface area (Å²) in [7, 11) is -4.03. The van der Waals surface area contributed by atoms with Crippen LogP contribution in [-0.2, 0) is 21.2 Å². The summed E-state index contributed by atoms with van der Waals surface area (Å²) < 4.78 is 41.9. The van der Waals surface area contributed by atoms with Gasteiger partial charge in [0.2, 0.25) is 15.9 Å². The van der Waals surface area contributed by atoms with E-state index in [-0.39, 0.29) is 17.2 Å². The van der Waals surface area contributed by atoms with Gasteiger partial charge in [-0.05, 0) is 60.9 Å². The Hall–Kier alpha value is -2.94. The highest BCUT2D eigenvalue weighted by atomic mass is 35.5. The first-order valence-electron chi connectivity index (χ1n) is 11.3. The van der Waals surface area contributed by atoms with E-state index in [1.54, 1.807) is 4.90 Å². The van der Waals surface area contributed by atoms with Gasteiger partial charge in [0.1, 0.15) is 11.9 Å². The van der Waals surface area contributed by atoms with Crippen LogP contribution in [0.3, 0.4) is 0 Å². The third-order valence-electron chi connectivity index (χ3n) is 6.11. The Morgan fingerprint density at radius 3 is 2.31 bits per heavy atom. The molecule has 1 aliphatic heterocycles. The van der Waals surface area contributed by atoms with Crippen LogP contribution < -0.4 is 9.62 Å². The number of carbonyl (C=O) groups excluding carboxylic acids is 1. The Bertz CT molecular complexity index is 1280. The molecule has 3 aromatic carbocycles. The first-order chi connectivity index (χ1) is 16.7. The maximum atomic E-state index is 13.5. The van der Waals surface area contributed by atoms with Crippen LogP contribution in [0.4, 0.5) is 10.1 Å². The summed E-state index contributed by atoms with van der Waals surface area (Å²) in [6.07, 6.45) is 0.202. The van der Waals surface area contributed by atoms with E-state index >= 15 is 0 Å². The summed E-state index contributed by atoms with van der Waals surface area (Å²) in [6, 6.07) is 18.5. The quantitative estimate of drug-likeness (QED) is 0.516. The molecule has 6 nitrogen and oxygen atoms in total. The molecule has 0 unspecified atom stereocenters. The SMILES string of the molecule is Cc1ccc(Cl)cc1N1CCN(C(=O)[C@H](Cc2ccccc2)NS(=O)(=O)c2ccc(F)cc2)CC1. The molecule has 1 amide bonds. The number of anilines is 1. The number of hydrogen-bond donors (Lipinski definition) is 1. The summed E-state index contributed by atoms with van der Waals surface area (Å²) in [5.74, 6) is -0.823. The van der Waals surface area contributed by atoms with Crippen molar-refractivity contribution in [2.45, 2.75) is 24.3 Å². The Morgan fingerprint density at radius 2 is 1.66 bits per heavy atom. The second-order valence-electron chi connectivity index (χ2n) is 8.56. The lowest BCUT2D eigenvalue weighted by Crippen LogP contribution is -2.55. The van der Waals surface area contributed by atoms with Crippen molar-refractivity contribution in [2.24, 2.45) is 0 Å². The van der Waals surface area contributed by atoms with Crippen LogP contribution in [0.5, 0.6) is 0 Å². The molecular weight excluding hydrogens is 489 g/mol. The number of nitrogens with one attached hydrogen (secondary N) is 1. The van der Waals surface area contributed by atoms with E-state index < -0.39 is 21.9 Å². The molecule has 0 radical (unpaired) electrons. The maximum Gasteiger partial charge on any atom is 0.241 e. The van der Waals surface area contributed by atoms with Crippen molar-refractivity contribution in [3.05, 3.63) is 94.8 Å². The van der Waals surface area contributed by atoms with Gasteiger partial charge < -0.3 is 9.80 Å². The van der Waals surface area contributed by atoms with Gasteiger partial charge in [0, 0.05) is 36.9 Å². The van der Waals surface area contributed by atoms with Gasteiger partial charge in [0.05, 0.1) is 4.90 Å². The number of nitrogens with zero attached hydrogens (tertiary/aromatic N) is 2. The van der Waals surface area contributed by atoms with Crippen molar-refractivity contribution < 1.29 is 17.6 Å². The van der Waals surface area contributed by atoms with Crippen LogP contribution in [0.2, 0.25) is 5.02 Å². The van der Waals surface area contributed by atoms with Gasteiger partial charge in [-0.2, -0.15) is 4.72 Å². The summed E-state index contributed by atoms with van der Waals surface area (Å²) in [4.78, 5) is 17.3. The molecule has 0 bridgehead atoms. The predicted molar refractivity (Wildman–Crippen MR) is 136 cm³/mol. The van der Waals surface area contributed by atoms with Crippen molar-refractivity contribution in [3.63, 3.8) is 0 Å². The summed E-state index contributed by atoms with van der Waals surface area (Å²) in [5, 5.41) is 0.655. The number of rotatable bonds is 7. The van der Waals surface area contributed by atoms with Crippen LogP contribution in [0, 0.1) is 12.7 Å². The smallest absolute Gasteiger partial charge is 0.241 e. The number of hydrogen-bond acceptors (Lipinski definition) is 4. The van der Waals surface area contributed by atoms with Gasteiger partial charge in [0.25, 0.3) is 0 Å². The molecule has 1 atom stereocenters. The third kappa shape index (κ3) is 6.20. The topological polar surface area (TPSA) is 69.7 Å². The lowest BCUT2D eigenvalue weighted by atomic mass is 10.1. The number of piperazine rings is 1. The van der Waals surface area contributed by atoms with Gasteiger partial charge in [-0.25, -0.2) is 12.8 Å². The van der Waals surface area contributed by atoms with E-state index in [4.69, 9.17) is 11.6 Å². The molecule has 0 saturated carbocycles. The third-order valence-corrected chi connectivity index (χ3v) is 7.83. The zero-order chi connectivity index (χ0) is 25.0. The van der Waals surface area contributed by atoms with E-state index in [0.29, 0.717) is 31.2 Å². The summed E-state index contributed by atoms with van der Waals surface area (Å²) >= 11 is 6.18. The van der Waals surface area contributed by atoms with E-state index in [1.165, 1.54) is 12.1 Å². The van der Waals surface area contributed by atoms with E-state index in [2.05, 4.69) is 9.62 Å². The zero-order valence-corrected chi connectivity index (χ0v) is 20.9. The van der Waals surface area contributed by atoms with E-state index in [0.717, 1.165) is 28.9 Å². The number of halogens is 2. The Kier molecular flexibility index (Phi) is 7.74. The monoisotopic (exact) mass is 515 g/mol. The second-order valence-corrected chi connectivity index (χ2v) is 10.7. The molecular formula is C26H27ClFN3O3S. The fourth-order valence-corrected chi connectivity index (χ4v) is 5.57. The first-order valence-corrected chi connectivity index (χ1v) is 13.2. The van der Waals surface area contributed by atoms with Crippen molar-refractivity contribution >= 4 is 33.2 Å². The van der Waals surface area contributed by atoms with Crippen molar-refractivity contribution in [1.29, 1.82) is 0 Å².